The molecular formula is C19H31N3O3. The largest absolute Gasteiger partial charge is 0.497 e. The highest BCUT2D eigenvalue weighted by Gasteiger charge is 2.30. The van der Waals surface area contributed by atoms with Crippen molar-refractivity contribution in [3.05, 3.63) is 18.2 Å². The molecule has 1 atom stereocenters. The predicted molar refractivity (Wildman–Crippen MR) is 101 cm³/mol. The van der Waals surface area contributed by atoms with Crippen molar-refractivity contribution in [2.45, 2.75) is 39.2 Å². The Labute approximate surface area is 150 Å². The number of nitrogens with zero attached hydrogens (tertiary/aromatic N) is 1. The number of likely N-dealkylation sites (tertiary alicyclic amines) is 1. The van der Waals surface area contributed by atoms with Crippen molar-refractivity contribution >= 4 is 11.7 Å². The molecule has 0 unspecified atom stereocenters. The van der Waals surface area contributed by atoms with Crippen LogP contribution in [0, 0.1) is 5.92 Å². The number of hydrogen-bond donors (Lipinski definition) is 2. The highest BCUT2D eigenvalue weighted by atomic mass is 16.5. The molecule has 2 N–H and O–H groups in total. The molecule has 1 saturated heterocycles. The van der Waals surface area contributed by atoms with Crippen LogP contribution in [0.1, 0.15) is 33.6 Å². The number of carbonyl (C=O) groups is 1. The first-order chi connectivity index (χ1) is 11.9. The summed E-state index contributed by atoms with van der Waals surface area (Å²) in [6.45, 7) is 9.40. The van der Waals surface area contributed by atoms with Crippen LogP contribution in [0.3, 0.4) is 0 Å². The van der Waals surface area contributed by atoms with Gasteiger partial charge in [0.1, 0.15) is 11.5 Å². The Morgan fingerprint density at radius 1 is 1.32 bits per heavy atom. The smallest absolute Gasteiger partial charge is 0.319 e. The van der Waals surface area contributed by atoms with Crippen molar-refractivity contribution in [2.24, 2.45) is 5.92 Å². The molecule has 25 heavy (non-hydrogen) atoms. The Balaban J connectivity index is 1.94. The normalized spacial score (nSPS) is 18.5. The topological polar surface area (TPSA) is 62.8 Å². The Hall–Kier alpha value is -1.95. The zero-order valence-corrected chi connectivity index (χ0v) is 16.0. The first-order valence-electron chi connectivity index (χ1n) is 8.87. The van der Waals surface area contributed by atoms with Gasteiger partial charge in [0, 0.05) is 24.7 Å². The van der Waals surface area contributed by atoms with Crippen molar-refractivity contribution in [3.8, 4) is 11.5 Å². The van der Waals surface area contributed by atoms with Crippen LogP contribution in [0.5, 0.6) is 11.5 Å². The highest BCUT2D eigenvalue weighted by Crippen LogP contribution is 2.29. The lowest BCUT2D eigenvalue weighted by atomic mass is 9.93. The molecule has 0 radical (unpaired) electrons. The van der Waals surface area contributed by atoms with Crippen LogP contribution in [-0.4, -0.2) is 50.3 Å². The van der Waals surface area contributed by atoms with Gasteiger partial charge in [-0.1, -0.05) is 6.92 Å². The fraction of sp³-hybridized carbons (Fsp3) is 0.632. The molecule has 1 aliphatic heterocycles. The summed E-state index contributed by atoms with van der Waals surface area (Å²) >= 11 is 0. The maximum atomic E-state index is 12.3. The minimum absolute atomic E-state index is 0.0789. The molecule has 6 heteroatoms. The van der Waals surface area contributed by atoms with E-state index in [-0.39, 0.29) is 11.6 Å². The summed E-state index contributed by atoms with van der Waals surface area (Å²) in [5, 5.41) is 5.83. The van der Waals surface area contributed by atoms with Gasteiger partial charge in [0.2, 0.25) is 0 Å². The number of rotatable bonds is 6. The minimum Gasteiger partial charge on any atom is -0.497 e. The van der Waals surface area contributed by atoms with Gasteiger partial charge in [-0.3, -0.25) is 4.90 Å². The number of methoxy groups -OCH3 is 2. The van der Waals surface area contributed by atoms with Crippen LogP contribution in [0.25, 0.3) is 0 Å². The molecule has 0 aliphatic carbocycles. The number of nitrogens with one attached hydrogen (secondary N) is 2. The SMILES string of the molecule is COc1ccc(OC)c(NC(=O)NCC(C)(C)N2CCC[C@@H](C)C2)c1. The number of amides is 2. The lowest BCUT2D eigenvalue weighted by Gasteiger charge is -2.43. The molecule has 1 aromatic rings. The standard InChI is InChI=1S/C19H31N3O3/c1-14-7-6-10-22(12-14)19(2,3)13-20-18(23)21-16-11-15(24-4)8-9-17(16)25-5/h8-9,11,14H,6-7,10,12-13H2,1-5H3,(H2,20,21,23)/t14-/m1/s1. The molecule has 0 spiro atoms. The van der Waals surface area contributed by atoms with Gasteiger partial charge in [-0.15, -0.1) is 0 Å². The molecule has 2 rings (SSSR count). The fourth-order valence-corrected chi connectivity index (χ4v) is 3.23. The van der Waals surface area contributed by atoms with Crippen molar-refractivity contribution in [1.82, 2.24) is 10.2 Å². The molecule has 2 amide bonds. The van der Waals surface area contributed by atoms with E-state index in [1.165, 1.54) is 12.8 Å². The summed E-state index contributed by atoms with van der Waals surface area (Å²) in [6.07, 6.45) is 2.51. The maximum Gasteiger partial charge on any atom is 0.319 e. The predicted octanol–water partition coefficient (Wildman–Crippen LogP) is 3.34. The minimum atomic E-state index is -0.246. The molecule has 140 valence electrons. The van der Waals surface area contributed by atoms with Crippen molar-refractivity contribution in [1.29, 1.82) is 0 Å². The van der Waals surface area contributed by atoms with E-state index in [1.54, 1.807) is 32.4 Å². The van der Waals surface area contributed by atoms with Crippen molar-refractivity contribution < 1.29 is 14.3 Å². The molecule has 0 saturated carbocycles. The third-order valence-electron chi connectivity index (χ3n) is 4.85. The Kier molecular flexibility index (Phi) is 6.53. The number of piperidine rings is 1. The third kappa shape index (κ3) is 5.26. The highest BCUT2D eigenvalue weighted by molar-refractivity contribution is 5.91. The molecule has 6 nitrogen and oxygen atoms in total. The molecule has 0 aromatic heterocycles. The lowest BCUT2D eigenvalue weighted by molar-refractivity contribution is 0.0728. The van der Waals surface area contributed by atoms with Gasteiger partial charge < -0.3 is 20.1 Å². The Morgan fingerprint density at radius 3 is 2.72 bits per heavy atom. The van der Waals surface area contributed by atoms with E-state index in [9.17, 15) is 4.79 Å². The summed E-state index contributed by atoms with van der Waals surface area (Å²) in [5.74, 6) is 1.97. The van der Waals surface area contributed by atoms with Gasteiger partial charge >= 0.3 is 6.03 Å². The van der Waals surface area contributed by atoms with Crippen LogP contribution >= 0.6 is 0 Å². The second-order valence-corrected chi connectivity index (χ2v) is 7.38. The van der Waals surface area contributed by atoms with Crippen LogP contribution < -0.4 is 20.1 Å². The van der Waals surface area contributed by atoms with E-state index in [2.05, 4.69) is 36.3 Å². The van der Waals surface area contributed by atoms with Crippen molar-refractivity contribution in [3.63, 3.8) is 0 Å². The third-order valence-corrected chi connectivity index (χ3v) is 4.85. The number of hydrogen-bond acceptors (Lipinski definition) is 4. The number of benzene rings is 1. The monoisotopic (exact) mass is 349 g/mol. The summed E-state index contributed by atoms with van der Waals surface area (Å²) in [7, 11) is 3.17. The summed E-state index contributed by atoms with van der Waals surface area (Å²) in [6, 6.07) is 5.07. The van der Waals surface area contributed by atoms with E-state index in [0.29, 0.717) is 29.6 Å². The second-order valence-electron chi connectivity index (χ2n) is 7.38. The average Bonchev–Trinajstić information content (AvgIpc) is 2.60. The van der Waals surface area contributed by atoms with Crippen LogP contribution in [-0.2, 0) is 0 Å². The van der Waals surface area contributed by atoms with E-state index >= 15 is 0 Å². The molecule has 1 heterocycles. The maximum absolute atomic E-state index is 12.3. The first-order valence-corrected chi connectivity index (χ1v) is 8.87. The quantitative estimate of drug-likeness (QED) is 0.827. The molecule has 1 aliphatic rings. The number of urea groups is 1. The summed E-state index contributed by atoms with van der Waals surface area (Å²) < 4.78 is 10.5. The van der Waals surface area contributed by atoms with Gasteiger partial charge in [0.15, 0.2) is 0 Å². The summed E-state index contributed by atoms with van der Waals surface area (Å²) in [5.41, 5.74) is 0.508. The van der Waals surface area contributed by atoms with E-state index in [1.807, 2.05) is 0 Å². The lowest BCUT2D eigenvalue weighted by Crippen LogP contribution is -2.55. The van der Waals surface area contributed by atoms with E-state index < -0.39 is 0 Å². The van der Waals surface area contributed by atoms with Crippen LogP contribution in [0.2, 0.25) is 0 Å². The van der Waals surface area contributed by atoms with Gasteiger partial charge in [-0.2, -0.15) is 0 Å². The molecule has 0 bridgehead atoms. The average molecular weight is 349 g/mol. The van der Waals surface area contributed by atoms with Crippen molar-refractivity contribution in [2.75, 3.05) is 39.2 Å². The number of carbonyl (C=O) groups excluding carboxylic acids is 1. The fourth-order valence-electron chi connectivity index (χ4n) is 3.23. The van der Waals surface area contributed by atoms with Gasteiger partial charge in [0.25, 0.3) is 0 Å². The summed E-state index contributed by atoms with van der Waals surface area (Å²) in [4.78, 5) is 14.8. The van der Waals surface area contributed by atoms with Gasteiger partial charge in [0.05, 0.1) is 19.9 Å². The van der Waals surface area contributed by atoms with E-state index in [0.717, 1.165) is 13.1 Å². The number of anilines is 1. The number of ether oxygens (including phenoxy) is 2. The van der Waals surface area contributed by atoms with E-state index in [4.69, 9.17) is 9.47 Å². The zero-order valence-electron chi connectivity index (χ0n) is 16.0. The first kappa shape index (κ1) is 19.4. The van der Waals surface area contributed by atoms with Crippen LogP contribution in [0.4, 0.5) is 10.5 Å². The molecule has 1 aromatic carbocycles. The van der Waals surface area contributed by atoms with Gasteiger partial charge in [-0.05, 0) is 51.3 Å². The van der Waals surface area contributed by atoms with Gasteiger partial charge in [-0.25, -0.2) is 4.79 Å². The molecular weight excluding hydrogens is 318 g/mol. The Morgan fingerprint density at radius 2 is 2.08 bits per heavy atom. The second kappa shape index (κ2) is 8.43. The Bertz CT molecular complexity index is 589. The molecule has 1 fully saturated rings. The zero-order chi connectivity index (χ0) is 18.4. The van der Waals surface area contributed by atoms with Crippen LogP contribution in [0.15, 0.2) is 18.2 Å².